The molecule has 1 aliphatic rings. The minimum atomic E-state index is -3.62. The van der Waals surface area contributed by atoms with Crippen molar-refractivity contribution < 1.29 is 27.5 Å². The second-order valence-electron chi connectivity index (χ2n) is 8.57. The van der Waals surface area contributed by atoms with E-state index in [-0.39, 0.29) is 38.9 Å². The fourth-order valence-electron chi connectivity index (χ4n) is 4.16. The molecule has 1 aliphatic heterocycles. The van der Waals surface area contributed by atoms with Crippen LogP contribution in [0.15, 0.2) is 68.8 Å². The number of aromatic nitrogens is 4. The number of aliphatic hydroxyl groups is 1. The van der Waals surface area contributed by atoms with Gasteiger partial charge in [-0.15, -0.1) is 10.2 Å². The lowest BCUT2D eigenvalue weighted by Gasteiger charge is -2.25. The van der Waals surface area contributed by atoms with Gasteiger partial charge in [-0.25, -0.2) is 18.2 Å². The molecule has 0 bridgehead atoms. The molecule has 0 atom stereocenters. The Labute approximate surface area is 223 Å². The minimum absolute atomic E-state index is 0.0769. The van der Waals surface area contributed by atoms with Crippen molar-refractivity contribution in [2.24, 2.45) is 0 Å². The van der Waals surface area contributed by atoms with Gasteiger partial charge in [-0.2, -0.15) is 4.31 Å². The first kappa shape index (κ1) is 25.9. The van der Waals surface area contributed by atoms with Crippen LogP contribution in [0.2, 0.25) is 0 Å². The van der Waals surface area contributed by atoms with Gasteiger partial charge in [0.1, 0.15) is 17.2 Å². The number of aliphatic hydroxyl groups excluding tert-OH is 1. The summed E-state index contributed by atoms with van der Waals surface area (Å²) in [6.07, 6.45) is 2.72. The molecule has 13 heteroatoms. The first-order valence-electron chi connectivity index (χ1n) is 11.9. The summed E-state index contributed by atoms with van der Waals surface area (Å²) in [5, 5.41) is 18.9. The number of carbonyl (C=O) groups is 1. The molecule has 2 N–H and O–H groups in total. The fraction of sp³-hybridized carbons (Fsp3) is 0.280. The SMILES string of the molecule is COC(=O)C(=C(O)CSc1nnc(-c2cccc(S(=O)(=O)N3CCCCC3)c2)o1)c1nc2ccccc2[nH]1. The van der Waals surface area contributed by atoms with Gasteiger partial charge >= 0.3 is 5.97 Å². The van der Waals surface area contributed by atoms with Crippen LogP contribution in [0, 0.1) is 0 Å². The van der Waals surface area contributed by atoms with E-state index in [4.69, 9.17) is 9.15 Å². The number of aromatic amines is 1. The van der Waals surface area contributed by atoms with Crippen LogP contribution in [0.25, 0.3) is 28.1 Å². The summed E-state index contributed by atoms with van der Waals surface area (Å²) in [4.78, 5) is 20.0. The molecule has 0 spiro atoms. The Hall–Kier alpha value is -3.68. The van der Waals surface area contributed by atoms with Crippen LogP contribution in [0.5, 0.6) is 0 Å². The van der Waals surface area contributed by atoms with Crippen molar-refractivity contribution in [1.29, 1.82) is 0 Å². The lowest BCUT2D eigenvalue weighted by Crippen LogP contribution is -2.35. The molecule has 4 aromatic rings. The highest BCUT2D eigenvalue weighted by molar-refractivity contribution is 7.99. The van der Waals surface area contributed by atoms with Crippen LogP contribution in [0.1, 0.15) is 25.1 Å². The predicted octanol–water partition coefficient (Wildman–Crippen LogP) is 4.02. The molecule has 2 aromatic carbocycles. The van der Waals surface area contributed by atoms with Crippen LogP contribution in [0.4, 0.5) is 0 Å². The van der Waals surface area contributed by atoms with E-state index in [0.29, 0.717) is 29.7 Å². The van der Waals surface area contributed by atoms with Gasteiger partial charge in [0.2, 0.25) is 15.9 Å². The molecule has 1 fully saturated rings. The van der Waals surface area contributed by atoms with Crippen LogP contribution < -0.4 is 0 Å². The predicted molar refractivity (Wildman–Crippen MR) is 141 cm³/mol. The maximum atomic E-state index is 13.0. The third-order valence-corrected chi connectivity index (χ3v) is 8.80. The standard InChI is InChI=1S/C25H25N5O6S2/c1-35-24(32)21(22-26-18-10-3-4-11-19(18)27-22)20(31)15-37-25-29-28-23(36-25)16-8-7-9-17(14-16)38(33,34)30-12-5-2-6-13-30/h3-4,7-11,14,31H,2,5-6,12-13,15H2,1H3,(H,26,27). The zero-order valence-corrected chi connectivity index (χ0v) is 22.1. The van der Waals surface area contributed by atoms with E-state index in [1.165, 1.54) is 17.5 Å². The number of rotatable bonds is 8. The van der Waals surface area contributed by atoms with Gasteiger partial charge < -0.3 is 19.2 Å². The van der Waals surface area contributed by atoms with Crippen molar-refractivity contribution in [2.75, 3.05) is 26.0 Å². The summed E-state index contributed by atoms with van der Waals surface area (Å²) in [5.41, 5.74) is 1.69. The number of piperidine rings is 1. The van der Waals surface area contributed by atoms with Crippen molar-refractivity contribution in [3.63, 3.8) is 0 Å². The second-order valence-corrected chi connectivity index (χ2v) is 11.4. The minimum Gasteiger partial charge on any atom is -0.510 e. The highest BCUT2D eigenvalue weighted by atomic mass is 32.2. The maximum absolute atomic E-state index is 13.0. The summed E-state index contributed by atoms with van der Waals surface area (Å²) in [6.45, 7) is 1.01. The molecule has 38 heavy (non-hydrogen) atoms. The number of H-pyrrole nitrogens is 1. The van der Waals surface area contributed by atoms with Crippen LogP contribution in [-0.2, 0) is 19.6 Å². The number of hydrogen-bond donors (Lipinski definition) is 2. The highest BCUT2D eigenvalue weighted by Gasteiger charge is 2.27. The van der Waals surface area contributed by atoms with E-state index in [0.717, 1.165) is 31.0 Å². The average Bonchev–Trinajstić information content (AvgIpc) is 3.60. The molecule has 11 nitrogen and oxygen atoms in total. The monoisotopic (exact) mass is 555 g/mol. The molecule has 0 saturated carbocycles. The number of thioether (sulfide) groups is 1. The number of fused-ring (bicyclic) bond motifs is 1. The van der Waals surface area contributed by atoms with Gasteiger partial charge in [0.15, 0.2) is 0 Å². The molecular formula is C25H25N5O6S2. The van der Waals surface area contributed by atoms with Gasteiger partial charge in [-0.3, -0.25) is 0 Å². The average molecular weight is 556 g/mol. The molecule has 198 valence electrons. The summed E-state index contributed by atoms with van der Waals surface area (Å²) >= 11 is 1.01. The smallest absolute Gasteiger partial charge is 0.345 e. The van der Waals surface area contributed by atoms with Gasteiger partial charge in [0.25, 0.3) is 5.22 Å². The third kappa shape index (κ3) is 5.30. The molecule has 5 rings (SSSR count). The van der Waals surface area contributed by atoms with Crippen molar-refractivity contribution in [1.82, 2.24) is 24.5 Å². The summed E-state index contributed by atoms with van der Waals surface area (Å²) in [7, 11) is -2.40. The zero-order valence-electron chi connectivity index (χ0n) is 20.5. The number of para-hydroxylation sites is 2. The molecule has 1 saturated heterocycles. The summed E-state index contributed by atoms with van der Waals surface area (Å²) < 4.78 is 38.2. The molecule has 2 aromatic heterocycles. The van der Waals surface area contributed by atoms with Gasteiger partial charge in [-0.05, 0) is 43.2 Å². The molecule has 0 amide bonds. The van der Waals surface area contributed by atoms with Crippen LogP contribution >= 0.6 is 11.8 Å². The lowest BCUT2D eigenvalue weighted by molar-refractivity contribution is -0.133. The number of ether oxygens (including phenoxy) is 1. The quantitative estimate of drug-likeness (QED) is 0.141. The van der Waals surface area contributed by atoms with E-state index < -0.39 is 16.0 Å². The normalized spacial score (nSPS) is 15.4. The van der Waals surface area contributed by atoms with E-state index in [9.17, 15) is 18.3 Å². The molecule has 3 heterocycles. The molecule has 0 unspecified atom stereocenters. The largest absolute Gasteiger partial charge is 0.510 e. The number of imidazole rings is 1. The topological polar surface area (TPSA) is 152 Å². The number of nitrogens with one attached hydrogen (secondary N) is 1. The Morgan fingerprint density at radius 1 is 1.13 bits per heavy atom. The van der Waals surface area contributed by atoms with Crippen molar-refractivity contribution in [3.8, 4) is 11.5 Å². The Morgan fingerprint density at radius 2 is 1.92 bits per heavy atom. The number of benzene rings is 2. The Kier molecular flexibility index (Phi) is 7.49. The lowest BCUT2D eigenvalue weighted by atomic mass is 10.2. The highest BCUT2D eigenvalue weighted by Crippen LogP contribution is 2.29. The molecule has 0 aliphatic carbocycles. The van der Waals surface area contributed by atoms with Gasteiger partial charge in [0.05, 0.1) is 28.8 Å². The van der Waals surface area contributed by atoms with Crippen LogP contribution in [0.3, 0.4) is 0 Å². The number of hydrogen-bond acceptors (Lipinski definition) is 10. The van der Waals surface area contributed by atoms with Crippen molar-refractivity contribution in [2.45, 2.75) is 29.4 Å². The van der Waals surface area contributed by atoms with Gasteiger partial charge in [0, 0.05) is 18.7 Å². The summed E-state index contributed by atoms with van der Waals surface area (Å²) in [6, 6.07) is 13.6. The Bertz CT molecular complexity index is 1570. The van der Waals surface area contributed by atoms with Crippen molar-refractivity contribution in [3.05, 3.63) is 60.1 Å². The first-order chi connectivity index (χ1) is 18.4. The second kappa shape index (κ2) is 11.0. The van der Waals surface area contributed by atoms with Crippen LogP contribution in [-0.4, -0.2) is 69.9 Å². The number of nitrogens with zero attached hydrogens (tertiary/aromatic N) is 4. The van der Waals surface area contributed by atoms with E-state index in [2.05, 4.69) is 20.2 Å². The van der Waals surface area contributed by atoms with E-state index in [1.54, 1.807) is 30.3 Å². The zero-order chi connectivity index (χ0) is 26.7. The van der Waals surface area contributed by atoms with Crippen molar-refractivity contribution >= 4 is 44.4 Å². The Morgan fingerprint density at radius 3 is 2.68 bits per heavy atom. The Balaban J connectivity index is 1.35. The number of sulfonamides is 1. The van der Waals surface area contributed by atoms with Gasteiger partial charge in [-0.1, -0.05) is 36.4 Å². The maximum Gasteiger partial charge on any atom is 0.345 e. The first-order valence-corrected chi connectivity index (χ1v) is 14.3. The molecule has 0 radical (unpaired) electrons. The molecular weight excluding hydrogens is 530 g/mol. The number of carbonyl (C=O) groups excluding carboxylic acids is 1. The van der Waals surface area contributed by atoms with E-state index >= 15 is 0 Å². The third-order valence-electron chi connectivity index (χ3n) is 6.08. The van der Waals surface area contributed by atoms with E-state index in [1.807, 2.05) is 12.1 Å². The fourth-order valence-corrected chi connectivity index (χ4v) is 6.36. The summed E-state index contributed by atoms with van der Waals surface area (Å²) in [5.74, 6) is -0.798. The number of esters is 1. The number of methoxy groups -OCH3 is 1.